The quantitative estimate of drug-likeness (QED) is 0.856. The monoisotopic (exact) mass is 317 g/mol. The standard InChI is InChI=1S/C19H27NO3/c1-14(2)15-6-4-5-7-16(15)20(3)18(21)17-8-9-19(23-17)10-12-22-13-11-19/h4-7,14,17H,8-13H2,1-3H3. The van der Waals surface area contributed by atoms with Gasteiger partial charge in [-0.1, -0.05) is 32.0 Å². The fourth-order valence-electron chi connectivity index (χ4n) is 3.71. The minimum Gasteiger partial charge on any atom is -0.381 e. The van der Waals surface area contributed by atoms with E-state index in [9.17, 15) is 4.79 Å². The van der Waals surface area contributed by atoms with E-state index in [2.05, 4.69) is 19.9 Å². The molecule has 4 nitrogen and oxygen atoms in total. The number of likely N-dealkylation sites (N-methyl/N-ethyl adjacent to an activating group) is 1. The number of nitrogens with zero attached hydrogens (tertiary/aromatic N) is 1. The van der Waals surface area contributed by atoms with Crippen molar-refractivity contribution in [3.05, 3.63) is 29.8 Å². The van der Waals surface area contributed by atoms with Gasteiger partial charge in [0.25, 0.3) is 5.91 Å². The van der Waals surface area contributed by atoms with Crippen molar-refractivity contribution in [2.45, 2.75) is 57.2 Å². The topological polar surface area (TPSA) is 38.8 Å². The van der Waals surface area contributed by atoms with Crippen LogP contribution in [-0.2, 0) is 14.3 Å². The summed E-state index contributed by atoms with van der Waals surface area (Å²) in [5.74, 6) is 0.453. The molecular formula is C19H27NO3. The van der Waals surface area contributed by atoms with Gasteiger partial charge in [-0.3, -0.25) is 4.79 Å². The summed E-state index contributed by atoms with van der Waals surface area (Å²) >= 11 is 0. The molecule has 4 heteroatoms. The van der Waals surface area contributed by atoms with Crippen molar-refractivity contribution in [3.63, 3.8) is 0 Å². The highest BCUT2D eigenvalue weighted by atomic mass is 16.5. The molecule has 2 saturated heterocycles. The van der Waals surface area contributed by atoms with Crippen LogP contribution in [0.5, 0.6) is 0 Å². The molecule has 0 bridgehead atoms. The molecule has 2 heterocycles. The normalized spacial score (nSPS) is 23.4. The highest BCUT2D eigenvalue weighted by Crippen LogP contribution is 2.39. The van der Waals surface area contributed by atoms with E-state index in [0.29, 0.717) is 5.92 Å². The summed E-state index contributed by atoms with van der Waals surface area (Å²) in [6, 6.07) is 8.13. The third kappa shape index (κ3) is 3.29. The van der Waals surface area contributed by atoms with Gasteiger partial charge in [0, 0.05) is 25.9 Å². The maximum atomic E-state index is 12.9. The molecule has 1 atom stereocenters. The van der Waals surface area contributed by atoms with Gasteiger partial charge in [-0.2, -0.15) is 0 Å². The number of carbonyl (C=O) groups excluding carboxylic acids is 1. The molecule has 2 aliphatic heterocycles. The second-order valence-corrected chi connectivity index (χ2v) is 7.05. The summed E-state index contributed by atoms with van der Waals surface area (Å²) in [6.07, 6.45) is 3.27. The number of ether oxygens (including phenoxy) is 2. The van der Waals surface area contributed by atoms with Gasteiger partial charge in [-0.15, -0.1) is 0 Å². The molecule has 2 aliphatic rings. The molecule has 1 aromatic rings. The lowest BCUT2D eigenvalue weighted by atomic mass is 9.91. The number of para-hydroxylation sites is 1. The summed E-state index contributed by atoms with van der Waals surface area (Å²) in [7, 11) is 1.86. The molecule has 0 radical (unpaired) electrons. The first-order valence-electron chi connectivity index (χ1n) is 8.64. The van der Waals surface area contributed by atoms with Crippen LogP contribution in [0.25, 0.3) is 0 Å². The van der Waals surface area contributed by atoms with E-state index in [1.54, 1.807) is 4.90 Å². The van der Waals surface area contributed by atoms with Crippen LogP contribution in [0.4, 0.5) is 5.69 Å². The first-order chi connectivity index (χ1) is 11.0. The van der Waals surface area contributed by atoms with Crippen LogP contribution in [0.2, 0.25) is 0 Å². The maximum Gasteiger partial charge on any atom is 0.255 e. The summed E-state index contributed by atoms with van der Waals surface area (Å²) in [4.78, 5) is 14.7. The predicted molar refractivity (Wildman–Crippen MR) is 90.8 cm³/mol. The number of carbonyl (C=O) groups is 1. The zero-order valence-electron chi connectivity index (χ0n) is 14.4. The minimum atomic E-state index is -0.321. The van der Waals surface area contributed by atoms with Crippen molar-refractivity contribution in [2.24, 2.45) is 0 Å². The lowest BCUT2D eigenvalue weighted by Gasteiger charge is -2.33. The van der Waals surface area contributed by atoms with Crippen molar-refractivity contribution < 1.29 is 14.3 Å². The van der Waals surface area contributed by atoms with E-state index in [4.69, 9.17) is 9.47 Å². The van der Waals surface area contributed by atoms with Crippen molar-refractivity contribution in [2.75, 3.05) is 25.2 Å². The molecule has 1 unspecified atom stereocenters. The minimum absolute atomic E-state index is 0.0708. The Hall–Kier alpha value is -1.39. The van der Waals surface area contributed by atoms with E-state index in [1.165, 1.54) is 5.56 Å². The molecule has 1 aromatic carbocycles. The van der Waals surface area contributed by atoms with E-state index < -0.39 is 0 Å². The third-order valence-electron chi connectivity index (χ3n) is 5.18. The first kappa shape index (κ1) is 16.5. The zero-order valence-corrected chi connectivity index (χ0v) is 14.4. The molecule has 0 aromatic heterocycles. The Labute approximate surface area is 138 Å². The SMILES string of the molecule is CC(C)c1ccccc1N(C)C(=O)C1CCC2(CCOCC2)O1. The van der Waals surface area contributed by atoms with Crippen LogP contribution < -0.4 is 4.90 Å². The van der Waals surface area contributed by atoms with Gasteiger partial charge in [-0.05, 0) is 43.2 Å². The zero-order chi connectivity index (χ0) is 16.4. The van der Waals surface area contributed by atoms with Gasteiger partial charge in [0.05, 0.1) is 5.60 Å². The lowest BCUT2D eigenvalue weighted by Crippen LogP contribution is -2.41. The smallest absolute Gasteiger partial charge is 0.255 e. The van der Waals surface area contributed by atoms with Gasteiger partial charge in [0.2, 0.25) is 0 Å². The first-order valence-corrected chi connectivity index (χ1v) is 8.64. The Bertz CT molecular complexity index is 563. The molecule has 1 amide bonds. The van der Waals surface area contributed by atoms with Gasteiger partial charge in [-0.25, -0.2) is 0 Å². The van der Waals surface area contributed by atoms with Gasteiger partial charge in [0.1, 0.15) is 6.10 Å². The predicted octanol–water partition coefficient (Wildman–Crippen LogP) is 3.50. The molecule has 0 aliphatic carbocycles. The Morgan fingerprint density at radius 1 is 1.22 bits per heavy atom. The van der Waals surface area contributed by atoms with E-state index in [0.717, 1.165) is 44.6 Å². The highest BCUT2D eigenvalue weighted by molar-refractivity contribution is 5.97. The lowest BCUT2D eigenvalue weighted by molar-refractivity contribution is -0.142. The van der Waals surface area contributed by atoms with Crippen molar-refractivity contribution in [1.82, 2.24) is 0 Å². The molecule has 1 spiro atoms. The molecule has 126 valence electrons. The van der Waals surface area contributed by atoms with Crippen molar-refractivity contribution in [1.29, 1.82) is 0 Å². The number of hydrogen-bond donors (Lipinski definition) is 0. The van der Waals surface area contributed by atoms with Crippen LogP contribution in [0, 0.1) is 0 Å². The summed E-state index contributed by atoms with van der Waals surface area (Å²) in [5, 5.41) is 0. The number of benzene rings is 1. The van der Waals surface area contributed by atoms with Gasteiger partial charge < -0.3 is 14.4 Å². The molecule has 23 heavy (non-hydrogen) atoms. The van der Waals surface area contributed by atoms with Gasteiger partial charge in [0.15, 0.2) is 0 Å². The second-order valence-electron chi connectivity index (χ2n) is 7.05. The molecule has 0 saturated carbocycles. The van der Waals surface area contributed by atoms with Crippen LogP contribution in [0.15, 0.2) is 24.3 Å². The average Bonchev–Trinajstić information content (AvgIpc) is 2.97. The van der Waals surface area contributed by atoms with E-state index in [1.807, 2.05) is 25.2 Å². The highest BCUT2D eigenvalue weighted by Gasteiger charge is 2.44. The Morgan fingerprint density at radius 3 is 2.61 bits per heavy atom. The molecule has 0 N–H and O–H groups in total. The van der Waals surface area contributed by atoms with Crippen molar-refractivity contribution in [3.8, 4) is 0 Å². The van der Waals surface area contributed by atoms with Crippen molar-refractivity contribution >= 4 is 11.6 Å². The maximum absolute atomic E-state index is 12.9. The Morgan fingerprint density at radius 2 is 1.91 bits per heavy atom. The Balaban J connectivity index is 1.73. The summed E-state index contributed by atoms with van der Waals surface area (Å²) in [5.41, 5.74) is 2.06. The number of hydrogen-bond acceptors (Lipinski definition) is 3. The number of anilines is 1. The van der Waals surface area contributed by atoms with Crippen LogP contribution in [0.3, 0.4) is 0 Å². The number of amides is 1. The van der Waals surface area contributed by atoms with E-state index >= 15 is 0 Å². The largest absolute Gasteiger partial charge is 0.381 e. The molecule has 2 fully saturated rings. The number of rotatable bonds is 3. The van der Waals surface area contributed by atoms with E-state index in [-0.39, 0.29) is 17.6 Å². The third-order valence-corrected chi connectivity index (χ3v) is 5.18. The fourth-order valence-corrected chi connectivity index (χ4v) is 3.71. The Kier molecular flexibility index (Phi) is 4.74. The average molecular weight is 317 g/mol. The fraction of sp³-hybridized carbons (Fsp3) is 0.632. The summed E-state index contributed by atoms with van der Waals surface area (Å²) in [6.45, 7) is 5.79. The molecular weight excluding hydrogens is 290 g/mol. The van der Waals surface area contributed by atoms with Gasteiger partial charge >= 0.3 is 0 Å². The van der Waals surface area contributed by atoms with Crippen LogP contribution in [-0.4, -0.2) is 37.9 Å². The summed E-state index contributed by atoms with van der Waals surface area (Å²) < 4.78 is 11.7. The second kappa shape index (κ2) is 6.62. The van der Waals surface area contributed by atoms with Crippen LogP contribution in [0.1, 0.15) is 51.0 Å². The molecule has 3 rings (SSSR count). The van der Waals surface area contributed by atoms with Crippen LogP contribution >= 0.6 is 0 Å².